The number of terminal acetylenes is 1. The molecule has 6 rings (SSSR count). The largest absolute Gasteiger partial charge is 0.458 e. The van der Waals surface area contributed by atoms with Crippen LogP contribution >= 0.6 is 0 Å². The maximum Gasteiger partial charge on any atom is 0.343 e. The highest BCUT2D eigenvalue weighted by Crippen LogP contribution is 2.43. The van der Waals surface area contributed by atoms with Gasteiger partial charge in [-0.1, -0.05) is 26.7 Å². The number of benzene rings is 1. The molecule has 0 bridgehead atoms. The number of amides is 3. The molecular formula is C45H57N5O12. The second kappa shape index (κ2) is 20.8. The Balaban J connectivity index is 1.05. The number of anilines is 1. The van der Waals surface area contributed by atoms with Crippen molar-refractivity contribution in [2.24, 2.45) is 23.5 Å². The maximum absolute atomic E-state index is 13.8. The molecular weight excluding hydrogens is 803 g/mol. The van der Waals surface area contributed by atoms with Crippen LogP contribution in [0.1, 0.15) is 68.4 Å². The van der Waals surface area contributed by atoms with E-state index in [1.807, 2.05) is 6.07 Å². The molecule has 0 saturated carbocycles. The number of esters is 1. The van der Waals surface area contributed by atoms with E-state index in [9.17, 15) is 29.1 Å². The first-order valence-corrected chi connectivity index (χ1v) is 21.2. The van der Waals surface area contributed by atoms with Crippen LogP contribution in [0.4, 0.5) is 5.69 Å². The number of aliphatic hydroxyl groups is 1. The number of fused-ring (bicyclic) bond motifs is 5. The molecule has 4 heterocycles. The van der Waals surface area contributed by atoms with E-state index in [4.69, 9.17) is 45.6 Å². The van der Waals surface area contributed by atoms with Gasteiger partial charge in [0.1, 0.15) is 19.3 Å². The van der Waals surface area contributed by atoms with Gasteiger partial charge in [-0.25, -0.2) is 9.78 Å². The van der Waals surface area contributed by atoms with E-state index < -0.39 is 47.2 Å². The Morgan fingerprint density at radius 2 is 1.58 bits per heavy atom. The van der Waals surface area contributed by atoms with Crippen LogP contribution in [0.3, 0.4) is 0 Å². The van der Waals surface area contributed by atoms with E-state index >= 15 is 0 Å². The fourth-order valence-electron chi connectivity index (χ4n) is 8.48. The first-order chi connectivity index (χ1) is 29.8. The molecule has 3 amide bonds. The number of pyridine rings is 2. The SMILES string of the molecule is C#CCOCCOCCOCCOCCOCC(C(N)=O)[C@@H](C(=O)N[C@@H](C)C(=O)Nc1ccc2nc3c(c4c2c1CCC4)Cn1c-3cc2c(c1=O)COC(=O)[C@]2(O)CC)C(C)C. The van der Waals surface area contributed by atoms with Gasteiger partial charge < -0.3 is 54.5 Å². The molecule has 0 spiro atoms. The summed E-state index contributed by atoms with van der Waals surface area (Å²) in [7, 11) is 0. The average Bonchev–Trinajstić information content (AvgIpc) is 3.62. The minimum absolute atomic E-state index is 0.0478. The fourth-order valence-corrected chi connectivity index (χ4v) is 8.48. The lowest BCUT2D eigenvalue weighted by Gasteiger charge is -2.31. The Hall–Kier alpha value is -5.22. The lowest BCUT2D eigenvalue weighted by molar-refractivity contribution is -0.172. The smallest absolute Gasteiger partial charge is 0.343 e. The first-order valence-electron chi connectivity index (χ1n) is 21.2. The summed E-state index contributed by atoms with van der Waals surface area (Å²) in [5.74, 6) is -2.17. The summed E-state index contributed by atoms with van der Waals surface area (Å²) in [4.78, 5) is 71.4. The monoisotopic (exact) mass is 859 g/mol. The molecule has 2 aromatic heterocycles. The van der Waals surface area contributed by atoms with Crippen LogP contribution in [0.15, 0.2) is 23.0 Å². The third kappa shape index (κ3) is 9.86. The second-order valence-corrected chi connectivity index (χ2v) is 16.0. The van der Waals surface area contributed by atoms with Crippen molar-refractivity contribution in [2.45, 2.75) is 78.2 Å². The number of hydrogen-bond donors (Lipinski definition) is 4. The molecule has 0 radical (unpaired) electrons. The predicted octanol–water partition coefficient (Wildman–Crippen LogP) is 2.10. The van der Waals surface area contributed by atoms with E-state index in [-0.39, 0.29) is 68.6 Å². The van der Waals surface area contributed by atoms with E-state index in [2.05, 4.69) is 16.6 Å². The molecule has 1 aliphatic carbocycles. The highest BCUT2D eigenvalue weighted by Gasteiger charge is 2.46. The maximum atomic E-state index is 13.8. The molecule has 3 aliphatic rings. The van der Waals surface area contributed by atoms with Gasteiger partial charge in [-0.15, -0.1) is 6.42 Å². The summed E-state index contributed by atoms with van der Waals surface area (Å²) in [6, 6.07) is 4.33. The van der Waals surface area contributed by atoms with Crippen LogP contribution in [0.2, 0.25) is 0 Å². The van der Waals surface area contributed by atoms with E-state index in [1.54, 1.807) is 44.4 Å². The molecule has 17 heteroatoms. The lowest BCUT2D eigenvalue weighted by atomic mass is 9.82. The topological polar surface area (TPSA) is 229 Å². The number of ether oxygens (including phenoxy) is 6. The minimum Gasteiger partial charge on any atom is -0.458 e. The van der Waals surface area contributed by atoms with Crippen molar-refractivity contribution in [3.05, 3.63) is 56.4 Å². The Labute approximate surface area is 360 Å². The molecule has 4 atom stereocenters. The summed E-state index contributed by atoms with van der Waals surface area (Å²) in [6.45, 7) is 9.81. The van der Waals surface area contributed by atoms with Crippen molar-refractivity contribution >= 4 is 40.3 Å². The number of primary amides is 1. The van der Waals surface area contributed by atoms with E-state index in [0.717, 1.165) is 34.9 Å². The highest BCUT2D eigenvalue weighted by atomic mass is 16.6. The standard InChI is InChI=1S/C45H57N5O12/c1-6-13-57-14-15-58-16-17-59-18-19-60-20-21-61-24-32(40(46)51)37(26(3)4)42(53)47-27(5)41(52)49-34-11-12-35-38-28(9-8-10-29(34)38)30-23-50-36(39(30)48-35)22-33-31(43(50)54)25-62-44(55)45(33,56)7-2/h1,11-12,22,26-27,32,37,56H,7-10,13-21,23-25H2,2-5H3,(H2,46,51)(H,47,53)(H,49,52)/t27-,32?,37-,45-/m0/s1. The Morgan fingerprint density at radius 3 is 2.21 bits per heavy atom. The number of aromatic nitrogens is 2. The first kappa shape index (κ1) is 46.3. The van der Waals surface area contributed by atoms with Gasteiger partial charge in [0.05, 0.1) is 100 Å². The zero-order valence-corrected chi connectivity index (χ0v) is 35.8. The van der Waals surface area contributed by atoms with Gasteiger partial charge in [-0.05, 0) is 67.9 Å². The van der Waals surface area contributed by atoms with Crippen molar-refractivity contribution in [2.75, 3.05) is 71.4 Å². The minimum atomic E-state index is -1.93. The third-order valence-electron chi connectivity index (χ3n) is 11.7. The summed E-state index contributed by atoms with van der Waals surface area (Å²) in [5.41, 5.74) is 9.28. The van der Waals surface area contributed by atoms with E-state index in [0.29, 0.717) is 68.7 Å². The number of hydrogen-bond acceptors (Lipinski definition) is 13. The summed E-state index contributed by atoms with van der Waals surface area (Å²) < 4.78 is 34.1. The normalized spacial score (nSPS) is 17.7. The summed E-state index contributed by atoms with van der Waals surface area (Å²) in [5, 5.41) is 18.0. The fraction of sp³-hybridized carbons (Fsp3) is 0.556. The number of nitrogens with one attached hydrogen (secondary N) is 2. The molecule has 3 aromatic rings. The molecule has 1 unspecified atom stereocenters. The molecule has 17 nitrogen and oxygen atoms in total. The molecule has 0 saturated heterocycles. The number of carbonyl (C=O) groups excluding carboxylic acids is 4. The van der Waals surface area contributed by atoms with Gasteiger partial charge in [0, 0.05) is 22.2 Å². The average molecular weight is 860 g/mol. The number of aryl methyl sites for hydroxylation is 2. The molecule has 1 aromatic carbocycles. The van der Waals surface area contributed by atoms with Gasteiger partial charge in [0.2, 0.25) is 17.7 Å². The van der Waals surface area contributed by atoms with Gasteiger partial charge in [0.15, 0.2) is 5.60 Å². The zero-order chi connectivity index (χ0) is 44.6. The Bertz CT molecular complexity index is 2270. The molecule has 0 fully saturated rings. The van der Waals surface area contributed by atoms with Crippen molar-refractivity contribution in [3.8, 4) is 23.7 Å². The van der Waals surface area contributed by atoms with Crippen LogP contribution in [-0.2, 0) is 79.2 Å². The van der Waals surface area contributed by atoms with Crippen LogP contribution < -0.4 is 21.9 Å². The number of carbonyl (C=O) groups is 4. The van der Waals surface area contributed by atoms with Crippen molar-refractivity contribution in [3.63, 3.8) is 0 Å². The highest BCUT2D eigenvalue weighted by molar-refractivity contribution is 6.02. The summed E-state index contributed by atoms with van der Waals surface area (Å²) in [6.07, 6.45) is 7.34. The van der Waals surface area contributed by atoms with Crippen LogP contribution in [0, 0.1) is 30.1 Å². The number of nitrogens with zero attached hydrogens (tertiary/aromatic N) is 2. The van der Waals surface area contributed by atoms with Gasteiger partial charge in [0.25, 0.3) is 5.56 Å². The number of nitrogens with two attached hydrogens (primary N) is 1. The second-order valence-electron chi connectivity index (χ2n) is 16.0. The third-order valence-corrected chi connectivity index (χ3v) is 11.7. The molecule has 334 valence electrons. The van der Waals surface area contributed by atoms with Gasteiger partial charge >= 0.3 is 5.97 Å². The molecule has 5 N–H and O–H groups in total. The molecule has 2 aliphatic heterocycles. The summed E-state index contributed by atoms with van der Waals surface area (Å²) >= 11 is 0. The Kier molecular flexibility index (Phi) is 15.5. The van der Waals surface area contributed by atoms with Crippen molar-refractivity contribution in [1.29, 1.82) is 0 Å². The van der Waals surface area contributed by atoms with Crippen LogP contribution in [0.5, 0.6) is 0 Å². The van der Waals surface area contributed by atoms with Gasteiger partial charge in [-0.2, -0.15) is 0 Å². The number of rotatable bonds is 23. The lowest BCUT2D eigenvalue weighted by Crippen LogP contribution is -2.50. The van der Waals surface area contributed by atoms with Gasteiger partial charge in [-0.3, -0.25) is 19.2 Å². The quantitative estimate of drug-likeness (QED) is 0.0477. The molecule has 62 heavy (non-hydrogen) atoms. The van der Waals surface area contributed by atoms with Crippen molar-refractivity contribution < 1.29 is 52.7 Å². The van der Waals surface area contributed by atoms with Crippen LogP contribution in [-0.4, -0.2) is 110 Å². The van der Waals surface area contributed by atoms with E-state index in [1.165, 1.54) is 0 Å². The number of cyclic esters (lactones) is 1. The van der Waals surface area contributed by atoms with Crippen LogP contribution in [0.25, 0.3) is 22.3 Å². The predicted molar refractivity (Wildman–Crippen MR) is 227 cm³/mol. The Morgan fingerprint density at radius 1 is 0.935 bits per heavy atom. The van der Waals surface area contributed by atoms with Crippen molar-refractivity contribution in [1.82, 2.24) is 14.9 Å². The zero-order valence-electron chi connectivity index (χ0n) is 35.8.